The van der Waals surface area contributed by atoms with Crippen LogP contribution in [0.5, 0.6) is 0 Å². The Bertz CT molecular complexity index is 1260. The number of amides is 1. The van der Waals surface area contributed by atoms with E-state index in [4.69, 9.17) is 5.10 Å². The number of aromatic nitrogens is 2. The van der Waals surface area contributed by atoms with Gasteiger partial charge in [-0.3, -0.25) is 4.79 Å². The Kier molecular flexibility index (Phi) is 5.89. The van der Waals surface area contributed by atoms with Gasteiger partial charge in [0.25, 0.3) is 5.91 Å². The Morgan fingerprint density at radius 3 is 2.66 bits per heavy atom. The molecular formula is C26H25N3OS2. The number of nitrogens with zero attached hydrogens (tertiary/aromatic N) is 2. The van der Waals surface area contributed by atoms with E-state index in [1.807, 2.05) is 18.2 Å². The van der Waals surface area contributed by atoms with E-state index in [1.54, 1.807) is 23.1 Å². The lowest BCUT2D eigenvalue weighted by Crippen LogP contribution is -2.24. The second-order valence-electron chi connectivity index (χ2n) is 7.97. The monoisotopic (exact) mass is 459 g/mol. The van der Waals surface area contributed by atoms with Crippen molar-refractivity contribution < 1.29 is 4.79 Å². The van der Waals surface area contributed by atoms with Crippen LogP contribution in [0.2, 0.25) is 0 Å². The van der Waals surface area contributed by atoms with Crippen LogP contribution in [0.3, 0.4) is 0 Å². The molecule has 0 spiro atoms. The second kappa shape index (κ2) is 8.96. The van der Waals surface area contributed by atoms with Crippen molar-refractivity contribution in [2.75, 3.05) is 12.8 Å². The van der Waals surface area contributed by atoms with E-state index in [9.17, 15) is 4.79 Å². The molecule has 0 saturated carbocycles. The van der Waals surface area contributed by atoms with E-state index in [0.717, 1.165) is 35.5 Å². The fourth-order valence-electron chi connectivity index (χ4n) is 4.27. The minimum absolute atomic E-state index is 0.0137. The van der Waals surface area contributed by atoms with Gasteiger partial charge in [-0.1, -0.05) is 30.3 Å². The predicted octanol–water partition coefficient (Wildman–Crippen LogP) is 5.70. The van der Waals surface area contributed by atoms with E-state index >= 15 is 0 Å². The third-order valence-electron chi connectivity index (χ3n) is 5.91. The van der Waals surface area contributed by atoms with Crippen molar-refractivity contribution in [2.24, 2.45) is 0 Å². The van der Waals surface area contributed by atoms with Gasteiger partial charge in [0.2, 0.25) is 0 Å². The number of rotatable bonds is 6. The van der Waals surface area contributed by atoms with Crippen molar-refractivity contribution in [1.29, 1.82) is 0 Å². The van der Waals surface area contributed by atoms with E-state index in [0.29, 0.717) is 6.54 Å². The number of nitrogens with one attached hydrogen (secondary N) is 1. The van der Waals surface area contributed by atoms with Crippen molar-refractivity contribution in [1.82, 2.24) is 15.1 Å². The minimum atomic E-state index is 0.0137. The summed E-state index contributed by atoms with van der Waals surface area (Å²) >= 11 is 3.33. The number of carbonyl (C=O) groups is 1. The van der Waals surface area contributed by atoms with Crippen molar-refractivity contribution in [3.8, 4) is 16.1 Å². The smallest absolute Gasteiger partial charge is 0.261 e. The molecule has 4 aromatic rings. The highest BCUT2D eigenvalue weighted by Gasteiger charge is 2.27. The highest BCUT2D eigenvalue weighted by atomic mass is 32.2. The van der Waals surface area contributed by atoms with Crippen LogP contribution in [-0.4, -0.2) is 28.5 Å². The zero-order valence-corrected chi connectivity index (χ0v) is 19.9. The summed E-state index contributed by atoms with van der Waals surface area (Å²) in [7, 11) is 0. The van der Waals surface area contributed by atoms with Crippen molar-refractivity contribution in [3.05, 3.63) is 88.1 Å². The summed E-state index contributed by atoms with van der Waals surface area (Å²) in [4.78, 5) is 16.1. The average Bonchev–Trinajstić information content (AvgIpc) is 3.41. The Labute approximate surface area is 196 Å². The topological polar surface area (TPSA) is 46.9 Å². The third kappa shape index (κ3) is 4.00. The van der Waals surface area contributed by atoms with Gasteiger partial charge >= 0.3 is 0 Å². The van der Waals surface area contributed by atoms with Crippen LogP contribution in [0, 0.1) is 6.92 Å². The van der Waals surface area contributed by atoms with E-state index in [2.05, 4.69) is 65.6 Å². The molecule has 0 atom stereocenters. The van der Waals surface area contributed by atoms with Gasteiger partial charge in [-0.05, 0) is 73.9 Å². The van der Waals surface area contributed by atoms with Crippen LogP contribution < -0.4 is 5.32 Å². The number of aryl methyl sites for hydroxylation is 2. The molecule has 1 aliphatic rings. The molecule has 0 bridgehead atoms. The molecule has 162 valence electrons. The van der Waals surface area contributed by atoms with Gasteiger partial charge in [-0.25, -0.2) is 4.68 Å². The van der Waals surface area contributed by atoms with Crippen molar-refractivity contribution >= 4 is 29.0 Å². The zero-order valence-electron chi connectivity index (χ0n) is 18.2. The maximum Gasteiger partial charge on any atom is 0.261 e. The molecule has 0 saturated heterocycles. The lowest BCUT2D eigenvalue weighted by molar-refractivity contribution is 0.0958. The minimum Gasteiger partial charge on any atom is -0.351 e. The molecule has 0 radical (unpaired) electrons. The number of hydrogen-bond donors (Lipinski definition) is 1. The molecule has 6 heteroatoms. The summed E-state index contributed by atoms with van der Waals surface area (Å²) in [5.74, 6) is 0.0137. The zero-order chi connectivity index (χ0) is 22.1. The summed E-state index contributed by atoms with van der Waals surface area (Å²) in [6.07, 6.45) is 4.78. The lowest BCUT2D eigenvalue weighted by atomic mass is 9.95. The first-order valence-corrected chi connectivity index (χ1v) is 12.9. The Hall–Kier alpha value is -2.83. The van der Waals surface area contributed by atoms with E-state index in [1.165, 1.54) is 32.2 Å². The SMILES string of the molecule is CSc1ccc(CCNC(=O)c2cc3c(s2)-c2c(C)nn(-c4ccccc4)c2CC3)cc1. The fraction of sp³-hybridized carbons (Fsp3) is 0.231. The molecule has 5 rings (SSSR count). The summed E-state index contributed by atoms with van der Waals surface area (Å²) in [5.41, 5.74) is 7.04. The molecule has 0 unspecified atom stereocenters. The van der Waals surface area contributed by atoms with Crippen LogP contribution in [0.15, 0.2) is 65.6 Å². The number of hydrogen-bond acceptors (Lipinski definition) is 4. The number of thiophene rings is 1. The average molecular weight is 460 g/mol. The maximum atomic E-state index is 12.9. The molecule has 1 amide bonds. The molecule has 2 aromatic heterocycles. The van der Waals surface area contributed by atoms with E-state index < -0.39 is 0 Å². The summed E-state index contributed by atoms with van der Waals surface area (Å²) in [5, 5.41) is 7.93. The summed E-state index contributed by atoms with van der Waals surface area (Å²) in [6, 6.07) is 20.9. The van der Waals surface area contributed by atoms with Crippen LogP contribution >= 0.6 is 23.1 Å². The van der Waals surface area contributed by atoms with Gasteiger partial charge < -0.3 is 5.32 Å². The van der Waals surface area contributed by atoms with Crippen LogP contribution in [-0.2, 0) is 19.3 Å². The van der Waals surface area contributed by atoms with Crippen LogP contribution in [0.4, 0.5) is 0 Å². The van der Waals surface area contributed by atoms with Crippen LogP contribution in [0.25, 0.3) is 16.1 Å². The first kappa shape index (κ1) is 21.0. The molecule has 0 fully saturated rings. The van der Waals surface area contributed by atoms with Gasteiger partial charge in [-0.15, -0.1) is 23.1 Å². The molecule has 2 aromatic carbocycles. The molecule has 2 heterocycles. The van der Waals surface area contributed by atoms with Crippen molar-refractivity contribution in [2.45, 2.75) is 31.1 Å². The maximum absolute atomic E-state index is 12.9. The number of fused-ring (bicyclic) bond motifs is 3. The van der Waals surface area contributed by atoms with Gasteiger partial charge in [-0.2, -0.15) is 5.10 Å². The molecule has 1 aliphatic carbocycles. The number of carbonyl (C=O) groups excluding carboxylic acids is 1. The second-order valence-corrected chi connectivity index (χ2v) is 9.91. The lowest BCUT2D eigenvalue weighted by Gasteiger charge is -2.14. The molecular weight excluding hydrogens is 434 g/mol. The fourth-order valence-corrected chi connectivity index (χ4v) is 5.93. The first-order valence-electron chi connectivity index (χ1n) is 10.8. The number of benzene rings is 2. The highest BCUT2D eigenvalue weighted by Crippen LogP contribution is 2.42. The first-order chi connectivity index (χ1) is 15.6. The predicted molar refractivity (Wildman–Crippen MR) is 133 cm³/mol. The van der Waals surface area contributed by atoms with Crippen molar-refractivity contribution in [3.63, 3.8) is 0 Å². The van der Waals surface area contributed by atoms with Crippen LogP contribution in [0.1, 0.15) is 32.2 Å². The quantitative estimate of drug-likeness (QED) is 0.376. The number of thioether (sulfide) groups is 1. The summed E-state index contributed by atoms with van der Waals surface area (Å²) < 4.78 is 2.06. The van der Waals surface area contributed by atoms with Gasteiger partial charge in [0.1, 0.15) is 0 Å². The largest absolute Gasteiger partial charge is 0.351 e. The molecule has 4 nitrogen and oxygen atoms in total. The molecule has 1 N–H and O–H groups in total. The molecule has 32 heavy (non-hydrogen) atoms. The third-order valence-corrected chi connectivity index (χ3v) is 7.84. The van der Waals surface area contributed by atoms with Gasteiger partial charge in [0.05, 0.1) is 22.0 Å². The number of para-hydroxylation sites is 1. The normalized spacial score (nSPS) is 12.3. The Morgan fingerprint density at radius 1 is 1.12 bits per heavy atom. The standard InChI is InChI=1S/C26H25N3OS2/c1-17-24-22(29(28-17)20-6-4-3-5-7-20)13-10-19-16-23(32-25(19)24)26(30)27-15-14-18-8-11-21(31-2)12-9-18/h3-9,11-12,16H,10,13-15H2,1-2H3,(H,27,30). The van der Waals surface area contributed by atoms with Gasteiger partial charge in [0.15, 0.2) is 0 Å². The highest BCUT2D eigenvalue weighted by molar-refractivity contribution is 7.98. The summed E-state index contributed by atoms with van der Waals surface area (Å²) in [6.45, 7) is 2.70. The van der Waals surface area contributed by atoms with E-state index in [-0.39, 0.29) is 5.91 Å². The Morgan fingerprint density at radius 2 is 1.91 bits per heavy atom. The Balaban J connectivity index is 1.33. The van der Waals surface area contributed by atoms with Gasteiger partial charge in [0, 0.05) is 21.9 Å². The molecule has 0 aliphatic heterocycles.